The van der Waals surface area contributed by atoms with Gasteiger partial charge in [0.25, 0.3) is 0 Å². The first-order valence-corrected chi connectivity index (χ1v) is 6.01. The SMILES string of the molecule is COCCNCc1ncc(CC2CCC2)o1. The lowest BCUT2D eigenvalue weighted by atomic mass is 9.82. The summed E-state index contributed by atoms with van der Waals surface area (Å²) in [5, 5.41) is 3.22. The van der Waals surface area contributed by atoms with Crippen LogP contribution in [-0.2, 0) is 17.7 Å². The number of ether oxygens (including phenoxy) is 1. The lowest BCUT2D eigenvalue weighted by Crippen LogP contribution is -2.18. The van der Waals surface area contributed by atoms with E-state index in [1.165, 1.54) is 19.3 Å². The fourth-order valence-electron chi connectivity index (χ4n) is 1.88. The van der Waals surface area contributed by atoms with Crippen molar-refractivity contribution >= 4 is 0 Å². The number of methoxy groups -OCH3 is 1. The van der Waals surface area contributed by atoms with Crippen LogP contribution in [0.1, 0.15) is 30.9 Å². The zero-order chi connectivity index (χ0) is 11.2. The van der Waals surface area contributed by atoms with Gasteiger partial charge in [0.2, 0.25) is 5.89 Å². The van der Waals surface area contributed by atoms with Crippen LogP contribution < -0.4 is 5.32 Å². The number of hydrogen-bond donors (Lipinski definition) is 1. The molecule has 0 radical (unpaired) electrons. The van der Waals surface area contributed by atoms with Crippen molar-refractivity contribution in [3.8, 4) is 0 Å². The summed E-state index contributed by atoms with van der Waals surface area (Å²) in [7, 11) is 1.70. The number of rotatable bonds is 7. The van der Waals surface area contributed by atoms with E-state index in [4.69, 9.17) is 9.15 Å². The normalized spacial score (nSPS) is 16.3. The summed E-state index contributed by atoms with van der Waals surface area (Å²) in [5.74, 6) is 2.65. The van der Waals surface area contributed by atoms with Gasteiger partial charge in [-0.1, -0.05) is 19.3 Å². The quantitative estimate of drug-likeness (QED) is 0.717. The molecule has 1 aliphatic rings. The fraction of sp³-hybridized carbons (Fsp3) is 0.750. The number of oxazole rings is 1. The number of nitrogens with zero attached hydrogens (tertiary/aromatic N) is 1. The van der Waals surface area contributed by atoms with Gasteiger partial charge < -0.3 is 14.5 Å². The van der Waals surface area contributed by atoms with Crippen LogP contribution in [0.5, 0.6) is 0 Å². The third-order valence-electron chi connectivity index (χ3n) is 3.08. The van der Waals surface area contributed by atoms with E-state index >= 15 is 0 Å². The minimum absolute atomic E-state index is 0.689. The van der Waals surface area contributed by atoms with E-state index in [0.717, 1.165) is 37.1 Å². The smallest absolute Gasteiger partial charge is 0.208 e. The van der Waals surface area contributed by atoms with Crippen LogP contribution in [-0.4, -0.2) is 25.2 Å². The van der Waals surface area contributed by atoms with Crippen molar-refractivity contribution in [1.82, 2.24) is 10.3 Å². The predicted octanol–water partition coefficient (Wildman–Crippen LogP) is 1.75. The van der Waals surface area contributed by atoms with Crippen molar-refractivity contribution in [3.63, 3.8) is 0 Å². The van der Waals surface area contributed by atoms with Gasteiger partial charge in [0.1, 0.15) is 5.76 Å². The van der Waals surface area contributed by atoms with Gasteiger partial charge in [-0.25, -0.2) is 4.98 Å². The first-order chi connectivity index (χ1) is 7.88. The van der Waals surface area contributed by atoms with Crippen LogP contribution in [0, 0.1) is 5.92 Å². The molecule has 1 N–H and O–H groups in total. The predicted molar refractivity (Wildman–Crippen MR) is 61.1 cm³/mol. The lowest BCUT2D eigenvalue weighted by Gasteiger charge is -2.23. The fourth-order valence-corrected chi connectivity index (χ4v) is 1.88. The molecule has 1 heterocycles. The van der Waals surface area contributed by atoms with E-state index in [-0.39, 0.29) is 0 Å². The summed E-state index contributed by atoms with van der Waals surface area (Å²) in [6, 6.07) is 0. The van der Waals surface area contributed by atoms with Crippen LogP contribution in [0.2, 0.25) is 0 Å². The maximum absolute atomic E-state index is 5.66. The molecule has 2 rings (SSSR count). The molecule has 0 aromatic carbocycles. The van der Waals surface area contributed by atoms with Crippen molar-refractivity contribution in [2.24, 2.45) is 5.92 Å². The summed E-state index contributed by atoms with van der Waals surface area (Å²) in [6.07, 6.45) is 7.01. The molecule has 0 bridgehead atoms. The van der Waals surface area contributed by atoms with Crippen LogP contribution in [0.25, 0.3) is 0 Å². The van der Waals surface area contributed by atoms with E-state index in [1.807, 2.05) is 6.20 Å². The molecule has 0 amide bonds. The number of hydrogen-bond acceptors (Lipinski definition) is 4. The Bertz CT molecular complexity index is 308. The maximum Gasteiger partial charge on any atom is 0.208 e. The second-order valence-corrected chi connectivity index (χ2v) is 4.39. The summed E-state index contributed by atoms with van der Waals surface area (Å²) >= 11 is 0. The Balaban J connectivity index is 1.69. The average Bonchev–Trinajstić information content (AvgIpc) is 2.67. The van der Waals surface area contributed by atoms with E-state index in [0.29, 0.717) is 6.54 Å². The molecular weight excluding hydrogens is 204 g/mol. The summed E-state index contributed by atoms with van der Waals surface area (Å²) in [5.41, 5.74) is 0. The largest absolute Gasteiger partial charge is 0.444 e. The van der Waals surface area contributed by atoms with Gasteiger partial charge in [-0.05, 0) is 5.92 Å². The molecule has 1 aromatic rings. The Morgan fingerprint density at radius 1 is 1.56 bits per heavy atom. The number of aromatic nitrogens is 1. The molecular formula is C12H20N2O2. The Kier molecular flexibility index (Phi) is 4.36. The molecule has 1 aliphatic carbocycles. The summed E-state index contributed by atoms with van der Waals surface area (Å²) in [4.78, 5) is 4.26. The summed E-state index contributed by atoms with van der Waals surface area (Å²) in [6.45, 7) is 2.24. The van der Waals surface area contributed by atoms with Gasteiger partial charge in [-0.3, -0.25) is 0 Å². The summed E-state index contributed by atoms with van der Waals surface area (Å²) < 4.78 is 10.6. The highest BCUT2D eigenvalue weighted by molar-refractivity contribution is 4.96. The molecule has 4 heteroatoms. The molecule has 90 valence electrons. The van der Waals surface area contributed by atoms with Crippen molar-refractivity contribution < 1.29 is 9.15 Å². The molecule has 0 aliphatic heterocycles. The highest BCUT2D eigenvalue weighted by Gasteiger charge is 2.19. The Morgan fingerprint density at radius 3 is 3.12 bits per heavy atom. The minimum atomic E-state index is 0.689. The molecule has 1 aromatic heterocycles. The average molecular weight is 224 g/mol. The molecule has 1 saturated carbocycles. The van der Waals surface area contributed by atoms with E-state index in [1.54, 1.807) is 7.11 Å². The Morgan fingerprint density at radius 2 is 2.44 bits per heavy atom. The standard InChI is InChI=1S/C12H20N2O2/c1-15-6-5-13-9-12-14-8-11(16-12)7-10-3-2-4-10/h8,10,13H,2-7,9H2,1H3. The van der Waals surface area contributed by atoms with Gasteiger partial charge in [-0.2, -0.15) is 0 Å². The van der Waals surface area contributed by atoms with Crippen molar-refractivity contribution in [3.05, 3.63) is 17.8 Å². The van der Waals surface area contributed by atoms with Crippen LogP contribution in [0.4, 0.5) is 0 Å². The van der Waals surface area contributed by atoms with Gasteiger partial charge in [0, 0.05) is 20.1 Å². The molecule has 0 spiro atoms. The highest BCUT2D eigenvalue weighted by atomic mass is 16.5. The zero-order valence-electron chi connectivity index (χ0n) is 9.87. The van der Waals surface area contributed by atoms with Crippen molar-refractivity contribution in [1.29, 1.82) is 0 Å². The van der Waals surface area contributed by atoms with Gasteiger partial charge in [-0.15, -0.1) is 0 Å². The van der Waals surface area contributed by atoms with Gasteiger partial charge in [0.05, 0.1) is 19.3 Å². The second kappa shape index (κ2) is 6.01. The minimum Gasteiger partial charge on any atom is -0.444 e. The first-order valence-electron chi connectivity index (χ1n) is 6.01. The monoisotopic (exact) mass is 224 g/mol. The van der Waals surface area contributed by atoms with Gasteiger partial charge >= 0.3 is 0 Å². The molecule has 0 unspecified atom stereocenters. The Hall–Kier alpha value is -0.870. The van der Waals surface area contributed by atoms with Crippen molar-refractivity contribution in [2.45, 2.75) is 32.2 Å². The van der Waals surface area contributed by atoms with E-state index < -0.39 is 0 Å². The van der Waals surface area contributed by atoms with Gasteiger partial charge in [0.15, 0.2) is 0 Å². The number of nitrogens with one attached hydrogen (secondary N) is 1. The van der Waals surface area contributed by atoms with E-state index in [9.17, 15) is 0 Å². The highest BCUT2D eigenvalue weighted by Crippen LogP contribution is 2.29. The molecule has 16 heavy (non-hydrogen) atoms. The van der Waals surface area contributed by atoms with Crippen LogP contribution in [0.15, 0.2) is 10.6 Å². The molecule has 4 nitrogen and oxygen atoms in total. The second-order valence-electron chi connectivity index (χ2n) is 4.39. The third-order valence-corrected chi connectivity index (χ3v) is 3.08. The van der Waals surface area contributed by atoms with E-state index in [2.05, 4.69) is 10.3 Å². The topological polar surface area (TPSA) is 47.3 Å². The first kappa shape index (κ1) is 11.6. The van der Waals surface area contributed by atoms with Crippen molar-refractivity contribution in [2.75, 3.05) is 20.3 Å². The van der Waals surface area contributed by atoms with Crippen LogP contribution >= 0.6 is 0 Å². The third kappa shape index (κ3) is 3.32. The van der Waals surface area contributed by atoms with Crippen LogP contribution in [0.3, 0.4) is 0 Å². The maximum atomic E-state index is 5.66. The lowest BCUT2D eigenvalue weighted by molar-refractivity contribution is 0.198. The molecule has 1 fully saturated rings. The Labute approximate surface area is 96.4 Å². The zero-order valence-corrected chi connectivity index (χ0v) is 9.87. The molecule has 0 atom stereocenters. The molecule has 0 saturated heterocycles.